The van der Waals surface area contributed by atoms with Gasteiger partial charge in [-0.05, 0) is 6.92 Å². The van der Waals surface area contributed by atoms with E-state index in [0.717, 1.165) is 0 Å². The van der Waals surface area contributed by atoms with E-state index in [2.05, 4.69) is 20.5 Å². The number of carbonyl (C=O) groups is 2. The fraction of sp³-hybridized carbons (Fsp3) is 0.556. The number of H-pyrrole nitrogens is 1. The van der Waals surface area contributed by atoms with Crippen molar-refractivity contribution in [1.29, 1.82) is 0 Å². The van der Waals surface area contributed by atoms with E-state index in [4.69, 9.17) is 4.74 Å². The van der Waals surface area contributed by atoms with Crippen molar-refractivity contribution in [2.45, 2.75) is 26.3 Å². The van der Waals surface area contributed by atoms with Gasteiger partial charge in [-0.3, -0.25) is 9.89 Å². The van der Waals surface area contributed by atoms with Gasteiger partial charge in [0.1, 0.15) is 18.2 Å². The van der Waals surface area contributed by atoms with Crippen molar-refractivity contribution >= 4 is 11.9 Å². The van der Waals surface area contributed by atoms with Crippen molar-refractivity contribution < 1.29 is 14.3 Å². The van der Waals surface area contributed by atoms with Crippen LogP contribution >= 0.6 is 0 Å². The predicted molar refractivity (Wildman–Crippen MR) is 54.3 cm³/mol. The molecular formula is C9H14N4O3. The molecule has 0 radical (unpaired) electrons. The quantitative estimate of drug-likeness (QED) is 0.654. The number of ether oxygens (including phenoxy) is 1. The molecule has 0 saturated heterocycles. The lowest BCUT2D eigenvalue weighted by Crippen LogP contribution is -2.42. The molecule has 88 valence electrons. The first kappa shape index (κ1) is 12.2. The summed E-state index contributed by atoms with van der Waals surface area (Å²) >= 11 is 0. The van der Waals surface area contributed by atoms with Gasteiger partial charge in [0, 0.05) is 13.3 Å². The minimum Gasteiger partial charge on any atom is -0.464 e. The molecule has 0 aliphatic rings. The standard InChI is InChI=1S/C9H14N4O3/c1-3-16-9(15)7(12-6(2)14)4-8-10-5-11-13-8/h5,7H,3-4H2,1-2H3,(H,12,14)(H,10,11,13). The number of rotatable bonds is 5. The number of carbonyl (C=O) groups excluding carboxylic acids is 2. The Balaban J connectivity index is 2.63. The van der Waals surface area contributed by atoms with E-state index in [9.17, 15) is 9.59 Å². The first-order chi connectivity index (χ1) is 7.63. The molecule has 1 amide bonds. The lowest BCUT2D eigenvalue weighted by molar-refractivity contribution is -0.147. The molecule has 0 aliphatic carbocycles. The SMILES string of the molecule is CCOC(=O)C(Cc1ncn[nH]1)NC(C)=O. The van der Waals surface area contributed by atoms with E-state index >= 15 is 0 Å². The first-order valence-electron chi connectivity index (χ1n) is 4.91. The number of nitrogens with one attached hydrogen (secondary N) is 2. The highest BCUT2D eigenvalue weighted by atomic mass is 16.5. The zero-order valence-electron chi connectivity index (χ0n) is 9.19. The maximum atomic E-state index is 11.5. The summed E-state index contributed by atoms with van der Waals surface area (Å²) in [6.07, 6.45) is 1.57. The Morgan fingerprint density at radius 3 is 2.88 bits per heavy atom. The Labute approximate surface area is 92.6 Å². The second-order valence-corrected chi connectivity index (χ2v) is 3.14. The molecule has 0 spiro atoms. The number of hydrogen-bond acceptors (Lipinski definition) is 5. The van der Waals surface area contributed by atoms with Crippen LogP contribution in [0.2, 0.25) is 0 Å². The first-order valence-corrected chi connectivity index (χ1v) is 4.91. The van der Waals surface area contributed by atoms with Gasteiger partial charge in [0.05, 0.1) is 6.61 Å². The van der Waals surface area contributed by atoms with Crippen molar-refractivity contribution in [1.82, 2.24) is 20.5 Å². The zero-order valence-corrected chi connectivity index (χ0v) is 9.19. The largest absolute Gasteiger partial charge is 0.464 e. The molecule has 7 nitrogen and oxygen atoms in total. The molecule has 16 heavy (non-hydrogen) atoms. The highest BCUT2D eigenvalue weighted by Gasteiger charge is 2.22. The molecule has 1 unspecified atom stereocenters. The number of hydrogen-bond donors (Lipinski definition) is 2. The summed E-state index contributed by atoms with van der Waals surface area (Å²) in [6, 6.07) is -0.731. The molecule has 2 N–H and O–H groups in total. The molecule has 1 rings (SSSR count). The number of nitrogens with zero attached hydrogens (tertiary/aromatic N) is 2. The predicted octanol–water partition coefficient (Wildman–Crippen LogP) is -0.585. The average molecular weight is 226 g/mol. The van der Waals surface area contributed by atoms with Gasteiger partial charge in [-0.2, -0.15) is 5.10 Å². The minimum absolute atomic E-state index is 0.235. The van der Waals surface area contributed by atoms with Crippen LogP contribution in [0.5, 0.6) is 0 Å². The van der Waals surface area contributed by atoms with Gasteiger partial charge in [0.25, 0.3) is 0 Å². The monoisotopic (exact) mass is 226 g/mol. The molecule has 0 bridgehead atoms. The highest BCUT2D eigenvalue weighted by Crippen LogP contribution is 1.98. The summed E-state index contributed by atoms with van der Waals surface area (Å²) in [6.45, 7) is 3.31. The third-order valence-corrected chi connectivity index (χ3v) is 1.81. The minimum atomic E-state index is -0.731. The van der Waals surface area contributed by atoms with Gasteiger partial charge < -0.3 is 10.1 Å². The van der Waals surface area contributed by atoms with Crippen molar-refractivity contribution in [2.75, 3.05) is 6.61 Å². The van der Waals surface area contributed by atoms with Gasteiger partial charge in [0.15, 0.2) is 0 Å². The Morgan fingerprint density at radius 2 is 2.38 bits per heavy atom. The number of aromatic amines is 1. The van der Waals surface area contributed by atoms with Gasteiger partial charge >= 0.3 is 5.97 Å². The fourth-order valence-electron chi connectivity index (χ4n) is 1.20. The Morgan fingerprint density at radius 1 is 1.62 bits per heavy atom. The summed E-state index contributed by atoms with van der Waals surface area (Å²) in [7, 11) is 0. The summed E-state index contributed by atoms with van der Waals surface area (Å²) in [5.41, 5.74) is 0. The van der Waals surface area contributed by atoms with E-state index in [0.29, 0.717) is 5.82 Å². The molecule has 1 atom stereocenters. The zero-order chi connectivity index (χ0) is 12.0. The molecule has 0 aliphatic heterocycles. The number of aromatic nitrogens is 3. The fourth-order valence-corrected chi connectivity index (χ4v) is 1.20. The number of esters is 1. The molecule has 0 saturated carbocycles. The molecular weight excluding hydrogens is 212 g/mol. The van der Waals surface area contributed by atoms with Gasteiger partial charge in [-0.25, -0.2) is 9.78 Å². The Bertz CT molecular complexity index is 350. The van der Waals surface area contributed by atoms with Crippen molar-refractivity contribution in [3.05, 3.63) is 12.2 Å². The van der Waals surface area contributed by atoms with Crippen LogP contribution in [0, 0.1) is 0 Å². The van der Waals surface area contributed by atoms with Crippen LogP contribution in [0.25, 0.3) is 0 Å². The lowest BCUT2D eigenvalue weighted by atomic mass is 10.2. The third kappa shape index (κ3) is 3.68. The van der Waals surface area contributed by atoms with Crippen molar-refractivity contribution in [2.24, 2.45) is 0 Å². The van der Waals surface area contributed by atoms with Gasteiger partial charge in [-0.1, -0.05) is 0 Å². The molecule has 1 aromatic rings. The van der Waals surface area contributed by atoms with Crippen LogP contribution in [-0.4, -0.2) is 39.7 Å². The maximum Gasteiger partial charge on any atom is 0.329 e. The molecule has 7 heteroatoms. The van der Waals surface area contributed by atoms with Crippen LogP contribution < -0.4 is 5.32 Å². The van der Waals surface area contributed by atoms with Crippen molar-refractivity contribution in [3.63, 3.8) is 0 Å². The smallest absolute Gasteiger partial charge is 0.329 e. The van der Waals surface area contributed by atoms with Crippen LogP contribution in [0.15, 0.2) is 6.33 Å². The number of amides is 1. The van der Waals surface area contributed by atoms with Crippen LogP contribution in [0.1, 0.15) is 19.7 Å². The topological polar surface area (TPSA) is 97.0 Å². The normalized spacial score (nSPS) is 11.9. The third-order valence-electron chi connectivity index (χ3n) is 1.81. The summed E-state index contributed by atoms with van der Waals surface area (Å²) < 4.78 is 4.84. The molecule has 1 heterocycles. The summed E-state index contributed by atoms with van der Waals surface area (Å²) in [5, 5.41) is 8.78. The second kappa shape index (κ2) is 5.84. The maximum absolute atomic E-state index is 11.5. The van der Waals surface area contributed by atoms with E-state index in [-0.39, 0.29) is 18.9 Å². The summed E-state index contributed by atoms with van der Waals surface area (Å²) in [5.74, 6) is -0.251. The average Bonchev–Trinajstić information content (AvgIpc) is 2.69. The Kier molecular flexibility index (Phi) is 4.43. The van der Waals surface area contributed by atoms with E-state index in [1.807, 2.05) is 0 Å². The van der Waals surface area contributed by atoms with E-state index < -0.39 is 12.0 Å². The second-order valence-electron chi connectivity index (χ2n) is 3.14. The van der Waals surface area contributed by atoms with E-state index in [1.165, 1.54) is 13.3 Å². The van der Waals surface area contributed by atoms with Crippen LogP contribution in [0.3, 0.4) is 0 Å². The summed E-state index contributed by atoms with van der Waals surface area (Å²) in [4.78, 5) is 26.3. The lowest BCUT2D eigenvalue weighted by Gasteiger charge is -2.14. The van der Waals surface area contributed by atoms with Crippen molar-refractivity contribution in [3.8, 4) is 0 Å². The molecule has 0 fully saturated rings. The van der Waals surface area contributed by atoms with Crippen LogP contribution in [-0.2, 0) is 20.7 Å². The van der Waals surface area contributed by atoms with Gasteiger partial charge in [0.2, 0.25) is 5.91 Å². The molecule has 1 aromatic heterocycles. The van der Waals surface area contributed by atoms with Crippen LogP contribution in [0.4, 0.5) is 0 Å². The van der Waals surface area contributed by atoms with E-state index in [1.54, 1.807) is 6.92 Å². The Hall–Kier alpha value is -1.92. The van der Waals surface area contributed by atoms with Gasteiger partial charge in [-0.15, -0.1) is 0 Å². The molecule has 0 aromatic carbocycles. The highest BCUT2D eigenvalue weighted by molar-refractivity contribution is 5.83.